The SMILES string of the molecule is COc1ccc([N+](=O)[O-])cc1CN1CCCn2cccc2C1c1ccc(Cl)cc1. The van der Waals surface area contributed by atoms with E-state index < -0.39 is 0 Å². The van der Waals surface area contributed by atoms with Crippen molar-refractivity contribution >= 4 is 17.3 Å². The Morgan fingerprint density at radius 1 is 1.17 bits per heavy atom. The number of fused-ring (bicyclic) bond motifs is 1. The van der Waals surface area contributed by atoms with Crippen LogP contribution in [0.2, 0.25) is 5.02 Å². The van der Waals surface area contributed by atoms with Gasteiger partial charge in [-0.25, -0.2) is 0 Å². The van der Waals surface area contributed by atoms with E-state index in [4.69, 9.17) is 16.3 Å². The third-order valence-corrected chi connectivity index (χ3v) is 5.64. The largest absolute Gasteiger partial charge is 0.496 e. The highest BCUT2D eigenvalue weighted by Gasteiger charge is 2.28. The molecule has 7 heteroatoms. The van der Waals surface area contributed by atoms with Crippen LogP contribution in [0.15, 0.2) is 60.8 Å². The van der Waals surface area contributed by atoms with Gasteiger partial charge >= 0.3 is 0 Å². The minimum absolute atomic E-state index is 0.0220. The van der Waals surface area contributed by atoms with E-state index in [-0.39, 0.29) is 16.7 Å². The summed E-state index contributed by atoms with van der Waals surface area (Å²) < 4.78 is 7.77. The van der Waals surface area contributed by atoms with Crippen LogP contribution in [0, 0.1) is 10.1 Å². The summed E-state index contributed by atoms with van der Waals surface area (Å²) in [5.74, 6) is 0.657. The standard InChI is InChI=1S/C22H22ClN3O3/c1-29-21-10-9-19(26(27)28)14-17(21)15-25-13-3-12-24-11-2-4-20(24)22(25)16-5-7-18(23)8-6-16/h2,4-11,14,22H,3,12-13,15H2,1H3. The lowest BCUT2D eigenvalue weighted by Crippen LogP contribution is -2.29. The second-order valence-corrected chi connectivity index (χ2v) is 7.59. The number of hydrogen-bond acceptors (Lipinski definition) is 4. The first-order valence-corrected chi connectivity index (χ1v) is 9.90. The summed E-state index contributed by atoms with van der Waals surface area (Å²) in [7, 11) is 1.59. The molecule has 1 aliphatic heterocycles. The zero-order chi connectivity index (χ0) is 20.4. The van der Waals surface area contributed by atoms with Crippen LogP contribution in [0.3, 0.4) is 0 Å². The number of rotatable bonds is 5. The van der Waals surface area contributed by atoms with E-state index in [0.717, 1.165) is 30.6 Å². The molecule has 3 aromatic rings. The average Bonchev–Trinajstić information content (AvgIpc) is 3.10. The first-order valence-electron chi connectivity index (χ1n) is 9.52. The predicted octanol–water partition coefficient (Wildman–Crippen LogP) is 5.05. The summed E-state index contributed by atoms with van der Waals surface area (Å²) in [6.45, 7) is 2.35. The number of nitro groups is 1. The van der Waals surface area contributed by atoms with Gasteiger partial charge in [-0.15, -0.1) is 0 Å². The van der Waals surface area contributed by atoms with Crippen molar-refractivity contribution in [3.63, 3.8) is 0 Å². The van der Waals surface area contributed by atoms with Gasteiger partial charge in [-0.2, -0.15) is 0 Å². The number of hydrogen-bond donors (Lipinski definition) is 0. The molecule has 6 nitrogen and oxygen atoms in total. The van der Waals surface area contributed by atoms with Gasteiger partial charge < -0.3 is 9.30 Å². The summed E-state index contributed by atoms with van der Waals surface area (Å²) in [6, 6.07) is 16.9. The van der Waals surface area contributed by atoms with Crippen LogP contribution >= 0.6 is 11.6 Å². The van der Waals surface area contributed by atoms with Crippen LogP contribution in [-0.4, -0.2) is 28.0 Å². The van der Waals surface area contributed by atoms with Crippen molar-refractivity contribution in [1.29, 1.82) is 0 Å². The van der Waals surface area contributed by atoms with Crippen LogP contribution < -0.4 is 4.74 Å². The van der Waals surface area contributed by atoms with Crippen LogP contribution in [0.25, 0.3) is 0 Å². The fourth-order valence-corrected chi connectivity index (χ4v) is 4.18. The first-order chi connectivity index (χ1) is 14.1. The van der Waals surface area contributed by atoms with E-state index in [1.54, 1.807) is 19.2 Å². The van der Waals surface area contributed by atoms with Crippen LogP contribution in [-0.2, 0) is 13.1 Å². The Kier molecular flexibility index (Phi) is 5.56. The Labute approximate surface area is 174 Å². The quantitative estimate of drug-likeness (QED) is 0.435. The fraction of sp³-hybridized carbons (Fsp3) is 0.273. The molecule has 1 aromatic heterocycles. The molecule has 0 fully saturated rings. The highest BCUT2D eigenvalue weighted by atomic mass is 35.5. The topological polar surface area (TPSA) is 60.5 Å². The molecular weight excluding hydrogens is 390 g/mol. The number of benzene rings is 2. The van der Waals surface area contributed by atoms with Gasteiger partial charge in [0, 0.05) is 54.2 Å². The molecule has 0 N–H and O–H groups in total. The van der Waals surface area contributed by atoms with E-state index in [1.807, 2.05) is 24.3 Å². The van der Waals surface area contributed by atoms with Crippen LogP contribution in [0.5, 0.6) is 5.75 Å². The van der Waals surface area contributed by atoms with E-state index in [0.29, 0.717) is 17.3 Å². The summed E-state index contributed by atoms with van der Waals surface area (Å²) >= 11 is 6.12. The maximum atomic E-state index is 11.3. The second-order valence-electron chi connectivity index (χ2n) is 7.16. The third kappa shape index (κ3) is 3.99. The van der Waals surface area contributed by atoms with E-state index in [1.165, 1.54) is 11.8 Å². The zero-order valence-electron chi connectivity index (χ0n) is 16.1. The number of nitro benzene ring substituents is 1. The Bertz CT molecular complexity index is 1020. The lowest BCUT2D eigenvalue weighted by Gasteiger charge is -2.31. The number of aromatic nitrogens is 1. The molecule has 1 unspecified atom stereocenters. The van der Waals surface area contributed by atoms with Gasteiger partial charge in [0.25, 0.3) is 5.69 Å². The van der Waals surface area contributed by atoms with Crippen molar-refractivity contribution in [1.82, 2.24) is 9.47 Å². The monoisotopic (exact) mass is 411 g/mol. The lowest BCUT2D eigenvalue weighted by molar-refractivity contribution is -0.385. The van der Waals surface area contributed by atoms with Crippen molar-refractivity contribution < 1.29 is 9.66 Å². The van der Waals surface area contributed by atoms with Crippen molar-refractivity contribution in [3.05, 3.63) is 92.8 Å². The molecule has 4 rings (SSSR count). The molecule has 0 saturated heterocycles. The Balaban J connectivity index is 1.76. The maximum Gasteiger partial charge on any atom is 0.270 e. The minimum atomic E-state index is -0.368. The molecule has 0 spiro atoms. The van der Waals surface area contributed by atoms with Crippen molar-refractivity contribution in [3.8, 4) is 5.75 Å². The van der Waals surface area contributed by atoms with Crippen LogP contribution in [0.4, 0.5) is 5.69 Å². The molecule has 29 heavy (non-hydrogen) atoms. The molecule has 0 radical (unpaired) electrons. The Morgan fingerprint density at radius 3 is 2.69 bits per heavy atom. The molecule has 0 aliphatic carbocycles. The normalized spacial score (nSPS) is 16.8. The summed E-state index contributed by atoms with van der Waals surface area (Å²) in [4.78, 5) is 13.3. The fourth-order valence-electron chi connectivity index (χ4n) is 4.06. The highest BCUT2D eigenvalue weighted by molar-refractivity contribution is 6.30. The third-order valence-electron chi connectivity index (χ3n) is 5.39. The van der Waals surface area contributed by atoms with Gasteiger partial charge in [0.2, 0.25) is 0 Å². The molecule has 0 saturated carbocycles. The number of halogens is 1. The van der Waals surface area contributed by atoms with Gasteiger partial charge in [-0.05, 0) is 42.3 Å². The minimum Gasteiger partial charge on any atom is -0.496 e. The Hall–Kier alpha value is -2.83. The molecule has 2 heterocycles. The highest BCUT2D eigenvalue weighted by Crippen LogP contribution is 2.35. The van der Waals surface area contributed by atoms with E-state index >= 15 is 0 Å². The maximum absolute atomic E-state index is 11.3. The van der Waals surface area contributed by atoms with E-state index in [9.17, 15) is 10.1 Å². The number of non-ortho nitro benzene ring substituents is 1. The predicted molar refractivity (Wildman–Crippen MR) is 112 cm³/mol. The molecule has 0 amide bonds. The first kappa shape index (κ1) is 19.5. The second kappa shape index (κ2) is 8.27. The van der Waals surface area contributed by atoms with Gasteiger partial charge in [-0.1, -0.05) is 23.7 Å². The van der Waals surface area contributed by atoms with Gasteiger partial charge in [0.05, 0.1) is 18.1 Å². The van der Waals surface area contributed by atoms with Gasteiger partial charge in [-0.3, -0.25) is 15.0 Å². The molecule has 2 aromatic carbocycles. The lowest BCUT2D eigenvalue weighted by atomic mass is 10.0. The number of ether oxygens (including phenoxy) is 1. The Morgan fingerprint density at radius 2 is 1.97 bits per heavy atom. The van der Waals surface area contributed by atoms with E-state index in [2.05, 4.69) is 27.8 Å². The number of nitrogens with zero attached hydrogens (tertiary/aromatic N) is 3. The number of aryl methyl sites for hydroxylation is 1. The van der Waals surface area contributed by atoms with Crippen LogP contribution in [0.1, 0.15) is 29.3 Å². The molecule has 1 atom stereocenters. The summed E-state index contributed by atoms with van der Waals surface area (Å²) in [5.41, 5.74) is 3.22. The smallest absolute Gasteiger partial charge is 0.270 e. The summed E-state index contributed by atoms with van der Waals surface area (Å²) in [6.07, 6.45) is 3.10. The van der Waals surface area contributed by atoms with Crippen molar-refractivity contribution in [2.75, 3.05) is 13.7 Å². The van der Waals surface area contributed by atoms with Crippen molar-refractivity contribution in [2.45, 2.75) is 25.6 Å². The van der Waals surface area contributed by atoms with Crippen molar-refractivity contribution in [2.24, 2.45) is 0 Å². The molecule has 150 valence electrons. The zero-order valence-corrected chi connectivity index (χ0v) is 16.9. The number of methoxy groups -OCH3 is 1. The van der Waals surface area contributed by atoms with Gasteiger partial charge in [0.1, 0.15) is 5.75 Å². The molecule has 0 bridgehead atoms. The molecule has 1 aliphatic rings. The van der Waals surface area contributed by atoms with Gasteiger partial charge in [0.15, 0.2) is 0 Å². The summed E-state index contributed by atoms with van der Waals surface area (Å²) in [5, 5.41) is 12.0. The average molecular weight is 412 g/mol. The molecular formula is C22H22ClN3O3.